The summed E-state index contributed by atoms with van der Waals surface area (Å²) in [7, 11) is 1.68. The predicted molar refractivity (Wildman–Crippen MR) is 338 cm³/mol. The smallest absolute Gasteiger partial charge is 0.119 e. The molecule has 10 heteroatoms. The lowest BCUT2D eigenvalue weighted by Crippen LogP contribution is -2.11. The second kappa shape index (κ2) is 25.8. The summed E-state index contributed by atoms with van der Waals surface area (Å²) in [6.07, 6.45) is 7.55. The molecule has 0 spiro atoms. The van der Waals surface area contributed by atoms with Crippen LogP contribution in [-0.4, -0.2) is 32.0 Å². The van der Waals surface area contributed by atoms with Crippen molar-refractivity contribution in [2.45, 2.75) is 0 Å². The highest BCUT2D eigenvalue weighted by Crippen LogP contribution is 2.36. The number of hydrogen-bond donors (Lipinski definition) is 0. The average Bonchev–Trinajstić information content (AvgIpc) is 3.55. The molecule has 0 saturated heterocycles. The number of hydrogen-bond acceptors (Lipinski definition) is 10. The maximum atomic E-state index is 5.55. The standard InChI is InChI=1S/C71H57N9O/c1-81-71-50-48-62(49-51-71)76(60-40-32-56(33-41-60)52-74-79(67-28-16-6-17-29-67)69-44-36-58(37-45-69)54-72-77(63-20-8-2-9-21-63)64-22-10-3-11-23-64)61-42-34-57(35-43-61)53-75-80(68-30-18-7-19-31-68)70-46-38-59(39-47-70)55-73-78(65-24-12-4-13-25-65)66-26-14-5-15-27-66/h2-55H,1H3/b72-54+,73-55+,74-52+,75-53+. The summed E-state index contributed by atoms with van der Waals surface area (Å²) in [6.45, 7) is 0. The van der Waals surface area contributed by atoms with Gasteiger partial charge >= 0.3 is 0 Å². The van der Waals surface area contributed by atoms with Crippen molar-refractivity contribution in [3.8, 4) is 5.75 Å². The first-order valence-corrected chi connectivity index (χ1v) is 26.6. The highest BCUT2D eigenvalue weighted by atomic mass is 16.5. The highest BCUT2D eigenvalue weighted by molar-refractivity contribution is 5.88. The maximum Gasteiger partial charge on any atom is 0.119 e. The molecule has 0 bridgehead atoms. The molecule has 0 amide bonds. The van der Waals surface area contributed by atoms with E-state index >= 15 is 0 Å². The molecule has 0 aliphatic rings. The van der Waals surface area contributed by atoms with Crippen LogP contribution in [0.4, 0.5) is 62.6 Å². The topological polar surface area (TPSA) is 74.9 Å². The first-order valence-electron chi connectivity index (χ1n) is 26.6. The molecule has 11 aromatic carbocycles. The molecule has 0 aliphatic carbocycles. The molecule has 10 nitrogen and oxygen atoms in total. The van der Waals surface area contributed by atoms with Crippen molar-refractivity contribution in [2.75, 3.05) is 32.0 Å². The zero-order valence-electron chi connectivity index (χ0n) is 44.6. The molecule has 11 aromatic rings. The number of rotatable bonds is 20. The minimum Gasteiger partial charge on any atom is -0.497 e. The Balaban J connectivity index is 0.818. The maximum absolute atomic E-state index is 5.55. The van der Waals surface area contributed by atoms with Crippen LogP contribution in [0.3, 0.4) is 0 Å². The van der Waals surface area contributed by atoms with E-state index in [1.54, 1.807) is 7.11 Å². The molecule has 0 saturated carbocycles. The van der Waals surface area contributed by atoms with Crippen molar-refractivity contribution in [3.05, 3.63) is 326 Å². The van der Waals surface area contributed by atoms with Crippen molar-refractivity contribution in [3.63, 3.8) is 0 Å². The first-order chi connectivity index (χ1) is 40.1. The van der Waals surface area contributed by atoms with Gasteiger partial charge < -0.3 is 9.64 Å². The zero-order valence-corrected chi connectivity index (χ0v) is 44.6. The molecule has 0 aromatic heterocycles. The Morgan fingerprint density at radius 3 is 0.617 bits per heavy atom. The van der Waals surface area contributed by atoms with Crippen molar-refractivity contribution >= 4 is 87.4 Å². The normalized spacial score (nSPS) is 11.3. The van der Waals surface area contributed by atoms with Crippen LogP contribution in [0.1, 0.15) is 22.3 Å². The Hall–Kier alpha value is -11.1. The number of para-hydroxylation sites is 6. The number of methoxy groups -OCH3 is 1. The third-order valence-electron chi connectivity index (χ3n) is 13.2. The van der Waals surface area contributed by atoms with Crippen molar-refractivity contribution in [1.29, 1.82) is 0 Å². The van der Waals surface area contributed by atoms with Gasteiger partial charge in [-0.15, -0.1) is 0 Å². The lowest BCUT2D eigenvalue weighted by Gasteiger charge is -2.26. The molecule has 0 atom stereocenters. The Labute approximate surface area is 473 Å². The van der Waals surface area contributed by atoms with E-state index in [0.29, 0.717) is 0 Å². The minimum atomic E-state index is 0.781. The van der Waals surface area contributed by atoms with E-state index in [-0.39, 0.29) is 0 Å². The largest absolute Gasteiger partial charge is 0.497 e. The third-order valence-corrected chi connectivity index (χ3v) is 13.2. The van der Waals surface area contributed by atoms with E-state index < -0.39 is 0 Å². The Morgan fingerprint density at radius 2 is 0.407 bits per heavy atom. The summed E-state index contributed by atoms with van der Waals surface area (Å²) in [6, 6.07) is 102. The first kappa shape index (κ1) is 52.0. The third kappa shape index (κ3) is 13.2. The number of hydrazone groups is 4. The molecule has 0 N–H and O–H groups in total. The van der Waals surface area contributed by atoms with E-state index in [9.17, 15) is 0 Å². The lowest BCUT2D eigenvalue weighted by molar-refractivity contribution is 0.415. The molecular formula is C71H57N9O. The molecule has 0 fully saturated rings. The number of benzene rings is 11. The minimum absolute atomic E-state index is 0.781. The molecule has 0 aliphatic heterocycles. The second-order valence-electron chi connectivity index (χ2n) is 18.6. The van der Waals surface area contributed by atoms with Gasteiger partial charge in [0, 0.05) is 17.1 Å². The fourth-order valence-corrected chi connectivity index (χ4v) is 9.04. The van der Waals surface area contributed by atoms with Gasteiger partial charge in [0.05, 0.1) is 77.5 Å². The summed E-state index contributed by atoms with van der Waals surface area (Å²) < 4.78 is 5.55. The molecule has 0 radical (unpaired) electrons. The van der Waals surface area contributed by atoms with Crippen LogP contribution in [0.2, 0.25) is 0 Å². The number of anilines is 11. The van der Waals surface area contributed by atoms with Crippen LogP contribution < -0.4 is 29.7 Å². The lowest BCUT2D eigenvalue weighted by atomic mass is 10.1. The molecule has 392 valence electrons. The van der Waals surface area contributed by atoms with Crippen molar-refractivity contribution in [2.24, 2.45) is 20.4 Å². The SMILES string of the molecule is COc1ccc(N(c2ccc(/C=N/N(c3ccccc3)c3ccc(/C=N/N(c4ccccc4)c4ccccc4)cc3)cc2)c2ccc(/C=N/N(c3ccccc3)c3ccc(/C=N/N(c4ccccc4)c4ccccc4)cc3)cc2)cc1. The van der Waals surface area contributed by atoms with E-state index in [4.69, 9.17) is 25.1 Å². The van der Waals surface area contributed by atoms with Gasteiger partial charge in [-0.05, 0) is 168 Å². The van der Waals surface area contributed by atoms with Gasteiger partial charge in [-0.25, -0.2) is 20.0 Å². The van der Waals surface area contributed by atoms with E-state index in [0.717, 1.165) is 90.6 Å². The summed E-state index contributed by atoms with van der Waals surface area (Å²) in [5.41, 5.74) is 14.3. The molecule has 0 heterocycles. The van der Waals surface area contributed by atoms with E-state index in [2.05, 4.69) is 187 Å². The van der Waals surface area contributed by atoms with Crippen LogP contribution in [0.5, 0.6) is 5.75 Å². The van der Waals surface area contributed by atoms with Gasteiger partial charge in [0.1, 0.15) is 5.75 Å². The summed E-state index contributed by atoms with van der Waals surface area (Å²) >= 11 is 0. The fourth-order valence-electron chi connectivity index (χ4n) is 9.04. The number of nitrogens with zero attached hydrogens (tertiary/aromatic N) is 9. The quantitative estimate of drug-likeness (QED) is 0.0559. The van der Waals surface area contributed by atoms with Gasteiger partial charge in [0.25, 0.3) is 0 Å². The van der Waals surface area contributed by atoms with Crippen molar-refractivity contribution < 1.29 is 4.74 Å². The Kier molecular flexibility index (Phi) is 16.6. The summed E-state index contributed by atoms with van der Waals surface area (Å²) in [5, 5.41) is 27.7. The van der Waals surface area contributed by atoms with Gasteiger partial charge in [-0.2, -0.15) is 20.4 Å². The summed E-state index contributed by atoms with van der Waals surface area (Å²) in [4.78, 5) is 2.22. The van der Waals surface area contributed by atoms with Crippen LogP contribution in [-0.2, 0) is 0 Å². The monoisotopic (exact) mass is 1050 g/mol. The fraction of sp³-hybridized carbons (Fsp3) is 0.0141. The van der Waals surface area contributed by atoms with Gasteiger partial charge in [-0.3, -0.25) is 0 Å². The van der Waals surface area contributed by atoms with Crippen molar-refractivity contribution in [1.82, 2.24) is 0 Å². The van der Waals surface area contributed by atoms with E-state index in [1.807, 2.05) is 166 Å². The molecule has 11 rings (SSSR count). The summed E-state index contributed by atoms with van der Waals surface area (Å²) in [5.74, 6) is 0.781. The van der Waals surface area contributed by atoms with Crippen LogP contribution >= 0.6 is 0 Å². The predicted octanol–water partition coefficient (Wildman–Crippen LogP) is 17.9. The van der Waals surface area contributed by atoms with Gasteiger partial charge in [0.15, 0.2) is 0 Å². The second-order valence-corrected chi connectivity index (χ2v) is 18.6. The highest BCUT2D eigenvalue weighted by Gasteiger charge is 2.15. The molecule has 0 unspecified atom stereocenters. The zero-order chi connectivity index (χ0) is 54.8. The Morgan fingerprint density at radius 1 is 0.222 bits per heavy atom. The average molecular weight is 1050 g/mol. The van der Waals surface area contributed by atoms with Gasteiger partial charge in [-0.1, -0.05) is 158 Å². The van der Waals surface area contributed by atoms with Crippen LogP contribution in [0.15, 0.2) is 324 Å². The molecule has 81 heavy (non-hydrogen) atoms. The van der Waals surface area contributed by atoms with Crippen LogP contribution in [0.25, 0.3) is 0 Å². The molecular weight excluding hydrogens is 995 g/mol. The van der Waals surface area contributed by atoms with E-state index in [1.165, 1.54) is 0 Å². The van der Waals surface area contributed by atoms with Crippen LogP contribution in [0, 0.1) is 0 Å². The van der Waals surface area contributed by atoms with Gasteiger partial charge in [0.2, 0.25) is 0 Å². The number of ether oxygens (including phenoxy) is 1. The Bertz CT molecular complexity index is 3500.